The van der Waals surface area contributed by atoms with Crippen LogP contribution in [0.4, 0.5) is 13.2 Å². The Labute approximate surface area is 216 Å². The van der Waals surface area contributed by atoms with Crippen LogP contribution in [0.3, 0.4) is 0 Å². The molecule has 1 aliphatic rings. The largest absolute Gasteiger partial charge is 0.489 e. The summed E-state index contributed by atoms with van der Waals surface area (Å²) in [5, 5.41) is 3.12. The van der Waals surface area contributed by atoms with E-state index in [1.807, 2.05) is 84.9 Å². The Balaban J connectivity index is 1.43. The standard InChI is InChI=1S/C30H33F3N2O2/c1-34-26(19-23-13-15-27(16-14-23)37-21-24-9-4-2-5-10-24)20-35(28(36)30(31,32)33)22-29(17-8-18-29)25-11-6-3-7-12-25/h2-7,9-16,26,34H,8,17-22H2,1H3/t26-/m0/s1. The fourth-order valence-electron chi connectivity index (χ4n) is 4.97. The number of halogens is 3. The number of carbonyl (C=O) groups is 1. The van der Waals surface area contributed by atoms with Crippen molar-refractivity contribution >= 4 is 5.91 Å². The highest BCUT2D eigenvalue weighted by Gasteiger charge is 2.47. The molecule has 1 fully saturated rings. The van der Waals surface area contributed by atoms with Gasteiger partial charge in [0, 0.05) is 24.5 Å². The Hall–Kier alpha value is -3.32. The molecule has 0 heterocycles. The zero-order valence-corrected chi connectivity index (χ0v) is 21.0. The molecule has 1 saturated carbocycles. The summed E-state index contributed by atoms with van der Waals surface area (Å²) in [6, 6.07) is 26.7. The molecule has 0 aliphatic heterocycles. The molecule has 0 saturated heterocycles. The van der Waals surface area contributed by atoms with Gasteiger partial charge in [0.15, 0.2) is 0 Å². The number of hydrogen-bond donors (Lipinski definition) is 1. The number of likely N-dealkylation sites (N-methyl/N-ethyl adjacent to an activating group) is 1. The number of rotatable bonds is 11. The summed E-state index contributed by atoms with van der Waals surface area (Å²) in [6.07, 6.45) is -1.95. The smallest absolute Gasteiger partial charge is 0.471 e. The summed E-state index contributed by atoms with van der Waals surface area (Å²) in [5.74, 6) is -1.06. The number of nitrogens with one attached hydrogen (secondary N) is 1. The summed E-state index contributed by atoms with van der Waals surface area (Å²) in [6.45, 7) is 0.479. The average Bonchev–Trinajstić information content (AvgIpc) is 2.89. The molecule has 3 aromatic carbocycles. The first-order chi connectivity index (χ1) is 17.8. The topological polar surface area (TPSA) is 41.6 Å². The maximum atomic E-state index is 13.6. The minimum absolute atomic E-state index is 0.0321. The van der Waals surface area contributed by atoms with Crippen molar-refractivity contribution in [2.24, 2.45) is 0 Å². The quantitative estimate of drug-likeness (QED) is 0.349. The molecule has 0 aromatic heterocycles. The fraction of sp³-hybridized carbons (Fsp3) is 0.367. The van der Waals surface area contributed by atoms with E-state index in [4.69, 9.17) is 4.74 Å². The van der Waals surface area contributed by atoms with Gasteiger partial charge in [-0.2, -0.15) is 13.2 Å². The number of hydrogen-bond acceptors (Lipinski definition) is 3. The molecule has 0 radical (unpaired) electrons. The van der Waals surface area contributed by atoms with E-state index >= 15 is 0 Å². The molecule has 7 heteroatoms. The van der Waals surface area contributed by atoms with Crippen molar-refractivity contribution in [3.63, 3.8) is 0 Å². The fourth-order valence-corrected chi connectivity index (χ4v) is 4.97. The van der Waals surface area contributed by atoms with Crippen LogP contribution in [0.5, 0.6) is 5.75 Å². The molecular formula is C30H33F3N2O2. The minimum atomic E-state index is -4.92. The van der Waals surface area contributed by atoms with Gasteiger partial charge >= 0.3 is 12.1 Å². The Morgan fingerprint density at radius 2 is 1.57 bits per heavy atom. The highest BCUT2D eigenvalue weighted by Crippen LogP contribution is 2.44. The van der Waals surface area contributed by atoms with Crippen molar-refractivity contribution in [1.29, 1.82) is 0 Å². The van der Waals surface area contributed by atoms with Crippen molar-refractivity contribution in [2.45, 2.75) is 49.9 Å². The average molecular weight is 511 g/mol. The molecule has 1 amide bonds. The molecule has 4 rings (SSSR count). The number of benzene rings is 3. The number of alkyl halides is 3. The molecule has 4 nitrogen and oxygen atoms in total. The van der Waals surface area contributed by atoms with Gasteiger partial charge in [0.1, 0.15) is 12.4 Å². The Morgan fingerprint density at radius 1 is 0.946 bits per heavy atom. The van der Waals surface area contributed by atoms with Gasteiger partial charge < -0.3 is 15.0 Å². The van der Waals surface area contributed by atoms with E-state index in [0.717, 1.165) is 46.6 Å². The van der Waals surface area contributed by atoms with Crippen molar-refractivity contribution in [3.8, 4) is 5.75 Å². The predicted octanol–water partition coefficient (Wildman–Crippen LogP) is 5.91. The third-order valence-corrected chi connectivity index (χ3v) is 7.22. The van der Waals surface area contributed by atoms with E-state index in [1.54, 1.807) is 7.05 Å². The number of carbonyl (C=O) groups excluding carboxylic acids is 1. The van der Waals surface area contributed by atoms with E-state index in [-0.39, 0.29) is 19.1 Å². The zero-order valence-electron chi connectivity index (χ0n) is 21.0. The van der Waals surface area contributed by atoms with Gasteiger partial charge in [-0.1, -0.05) is 79.2 Å². The van der Waals surface area contributed by atoms with E-state index in [2.05, 4.69) is 5.32 Å². The lowest BCUT2D eigenvalue weighted by Crippen LogP contribution is -2.54. The first-order valence-corrected chi connectivity index (χ1v) is 12.6. The Kier molecular flexibility index (Phi) is 8.54. The maximum Gasteiger partial charge on any atom is 0.471 e. The van der Waals surface area contributed by atoms with Crippen molar-refractivity contribution in [3.05, 3.63) is 102 Å². The molecular weight excluding hydrogens is 477 g/mol. The van der Waals surface area contributed by atoms with Gasteiger partial charge in [-0.15, -0.1) is 0 Å². The van der Waals surface area contributed by atoms with Gasteiger partial charge in [-0.05, 0) is 55.1 Å². The second kappa shape index (κ2) is 11.8. The van der Waals surface area contributed by atoms with Crippen molar-refractivity contribution in [1.82, 2.24) is 10.2 Å². The summed E-state index contributed by atoms with van der Waals surface area (Å²) in [5.41, 5.74) is 2.58. The van der Waals surface area contributed by atoms with Gasteiger partial charge in [0.05, 0.1) is 0 Å². The van der Waals surface area contributed by atoms with Gasteiger partial charge in [0.2, 0.25) is 0 Å². The second-order valence-corrected chi connectivity index (χ2v) is 9.79. The van der Waals surface area contributed by atoms with Gasteiger partial charge in [0.25, 0.3) is 0 Å². The van der Waals surface area contributed by atoms with E-state index in [9.17, 15) is 18.0 Å². The molecule has 3 aromatic rings. The van der Waals surface area contributed by atoms with Crippen LogP contribution in [0.15, 0.2) is 84.9 Å². The van der Waals surface area contributed by atoms with Gasteiger partial charge in [-0.25, -0.2) is 0 Å². The van der Waals surface area contributed by atoms with Crippen molar-refractivity contribution in [2.75, 3.05) is 20.1 Å². The SMILES string of the molecule is CN[C@@H](Cc1ccc(OCc2ccccc2)cc1)CN(CC1(c2ccccc2)CCC1)C(=O)C(F)(F)F. The normalized spacial score (nSPS) is 15.5. The third-order valence-electron chi connectivity index (χ3n) is 7.22. The second-order valence-electron chi connectivity index (χ2n) is 9.79. The summed E-state index contributed by atoms with van der Waals surface area (Å²) in [4.78, 5) is 13.5. The minimum Gasteiger partial charge on any atom is -0.489 e. The van der Waals surface area contributed by atoms with Crippen LogP contribution in [0.1, 0.15) is 36.0 Å². The highest BCUT2D eigenvalue weighted by atomic mass is 19.4. The molecule has 1 atom stereocenters. The lowest BCUT2D eigenvalue weighted by Gasteiger charge is -2.46. The Morgan fingerprint density at radius 3 is 2.11 bits per heavy atom. The maximum absolute atomic E-state index is 13.6. The monoisotopic (exact) mass is 510 g/mol. The lowest BCUT2D eigenvalue weighted by molar-refractivity contribution is -0.187. The summed E-state index contributed by atoms with van der Waals surface area (Å²) >= 11 is 0. The predicted molar refractivity (Wildman–Crippen MR) is 138 cm³/mol. The summed E-state index contributed by atoms with van der Waals surface area (Å²) < 4.78 is 46.6. The first-order valence-electron chi connectivity index (χ1n) is 12.6. The molecule has 0 spiro atoms. The summed E-state index contributed by atoms with van der Waals surface area (Å²) in [7, 11) is 1.72. The van der Waals surface area contributed by atoms with E-state index < -0.39 is 17.5 Å². The molecule has 37 heavy (non-hydrogen) atoms. The zero-order chi connectivity index (χ0) is 26.3. The Bertz CT molecular complexity index is 1130. The van der Waals surface area contributed by atoms with Crippen LogP contribution in [-0.4, -0.2) is 43.2 Å². The van der Waals surface area contributed by atoms with E-state index in [1.165, 1.54) is 0 Å². The molecule has 0 unspecified atom stereocenters. The number of nitrogens with zero attached hydrogens (tertiary/aromatic N) is 1. The van der Waals surface area contributed by atoms with Gasteiger partial charge in [-0.3, -0.25) is 4.79 Å². The third kappa shape index (κ3) is 6.92. The molecule has 1 N–H and O–H groups in total. The van der Waals surface area contributed by atoms with Crippen LogP contribution in [0.2, 0.25) is 0 Å². The first kappa shape index (κ1) is 26.7. The van der Waals surface area contributed by atoms with Crippen LogP contribution in [0, 0.1) is 0 Å². The van der Waals surface area contributed by atoms with Crippen molar-refractivity contribution < 1.29 is 22.7 Å². The number of amides is 1. The van der Waals surface area contributed by atoms with Crippen LogP contribution in [-0.2, 0) is 23.2 Å². The van der Waals surface area contributed by atoms with Crippen LogP contribution in [0.25, 0.3) is 0 Å². The molecule has 196 valence electrons. The van der Waals surface area contributed by atoms with Crippen LogP contribution < -0.4 is 10.1 Å². The molecule has 1 aliphatic carbocycles. The van der Waals surface area contributed by atoms with Crippen LogP contribution >= 0.6 is 0 Å². The number of ether oxygens (including phenoxy) is 1. The molecule has 0 bridgehead atoms. The van der Waals surface area contributed by atoms with E-state index in [0.29, 0.717) is 13.0 Å². The highest BCUT2D eigenvalue weighted by molar-refractivity contribution is 5.82. The lowest BCUT2D eigenvalue weighted by atomic mass is 9.64.